The van der Waals surface area contributed by atoms with Gasteiger partial charge in [0.05, 0.1) is 10.6 Å². The fourth-order valence-electron chi connectivity index (χ4n) is 4.76. The zero-order valence-corrected chi connectivity index (χ0v) is 25.7. The predicted octanol–water partition coefficient (Wildman–Crippen LogP) is 6.08. The Morgan fingerprint density at radius 1 is 1.02 bits per heavy atom. The van der Waals surface area contributed by atoms with Crippen molar-refractivity contribution in [2.24, 2.45) is 0 Å². The molecule has 0 radical (unpaired) electrons. The van der Waals surface area contributed by atoms with Gasteiger partial charge in [-0.05, 0) is 74.7 Å². The van der Waals surface area contributed by atoms with Gasteiger partial charge in [0.15, 0.2) is 0 Å². The summed E-state index contributed by atoms with van der Waals surface area (Å²) < 4.78 is 29.5. The fourth-order valence-corrected chi connectivity index (χ4v) is 6.68. The summed E-state index contributed by atoms with van der Waals surface area (Å²) in [5.74, 6) is -0.760. The van der Waals surface area contributed by atoms with Crippen molar-refractivity contribution in [3.63, 3.8) is 0 Å². The van der Waals surface area contributed by atoms with E-state index in [4.69, 9.17) is 11.6 Å². The van der Waals surface area contributed by atoms with E-state index in [0.29, 0.717) is 15.2 Å². The number of sulfonamides is 1. The van der Waals surface area contributed by atoms with Crippen molar-refractivity contribution in [2.75, 3.05) is 10.8 Å². The van der Waals surface area contributed by atoms with Crippen molar-refractivity contribution < 1.29 is 18.0 Å². The van der Waals surface area contributed by atoms with E-state index in [0.717, 1.165) is 41.1 Å². The smallest absolute Gasteiger partial charge is 0.264 e. The first-order valence-electron chi connectivity index (χ1n) is 13.2. The second-order valence-electron chi connectivity index (χ2n) is 10.1. The lowest BCUT2D eigenvalue weighted by Gasteiger charge is -2.32. The zero-order valence-electron chi connectivity index (χ0n) is 22.5. The minimum absolute atomic E-state index is 0.0714. The summed E-state index contributed by atoms with van der Waals surface area (Å²) in [7, 11) is -4.11. The molecule has 3 aromatic rings. The minimum atomic E-state index is -4.11. The summed E-state index contributed by atoms with van der Waals surface area (Å²) >= 11 is 9.48. The third-order valence-corrected chi connectivity index (χ3v) is 9.65. The van der Waals surface area contributed by atoms with Crippen molar-refractivity contribution in [3.8, 4) is 0 Å². The molecule has 4 rings (SSSR count). The molecule has 7 nitrogen and oxygen atoms in total. The molecule has 1 aliphatic carbocycles. The van der Waals surface area contributed by atoms with E-state index in [1.807, 2.05) is 6.92 Å². The Morgan fingerprint density at radius 3 is 2.30 bits per heavy atom. The molecule has 0 aliphatic heterocycles. The fraction of sp³-hybridized carbons (Fsp3) is 0.333. The standard InChI is InChI=1S/C30H33BrClN3O4S/c1-21-10-16-28(17-11-21)40(38,39)35(27-9-5-6-24(31)18-27)20-29(36)34(19-23-12-14-25(32)15-13-23)22(2)30(37)33-26-7-3-4-8-26/h5-6,9-18,22,26H,3-4,7-8,19-20H2,1-2H3,(H,33,37)/t22-/m0/s1. The normalized spacial score (nSPS) is 14.5. The number of rotatable bonds is 10. The second kappa shape index (κ2) is 13.2. The molecule has 0 unspecified atom stereocenters. The van der Waals surface area contributed by atoms with E-state index in [1.165, 1.54) is 17.0 Å². The molecule has 3 aromatic carbocycles. The molecular formula is C30H33BrClN3O4S. The van der Waals surface area contributed by atoms with Crippen LogP contribution in [0.1, 0.15) is 43.7 Å². The van der Waals surface area contributed by atoms with Crippen molar-refractivity contribution in [1.29, 1.82) is 0 Å². The van der Waals surface area contributed by atoms with Gasteiger partial charge in [0.25, 0.3) is 10.0 Å². The van der Waals surface area contributed by atoms with Gasteiger partial charge < -0.3 is 10.2 Å². The Hall–Kier alpha value is -2.88. The first kappa shape index (κ1) is 30.1. The lowest BCUT2D eigenvalue weighted by molar-refractivity contribution is -0.139. The van der Waals surface area contributed by atoms with E-state index >= 15 is 0 Å². The Kier molecular flexibility index (Phi) is 9.92. The summed E-state index contributed by atoms with van der Waals surface area (Å²) in [6, 6.07) is 19.6. The highest BCUT2D eigenvalue weighted by molar-refractivity contribution is 9.10. The van der Waals surface area contributed by atoms with Crippen LogP contribution in [-0.2, 0) is 26.2 Å². The van der Waals surface area contributed by atoms with Crippen LogP contribution in [0.4, 0.5) is 5.69 Å². The van der Waals surface area contributed by atoms with Crippen LogP contribution in [0.5, 0.6) is 0 Å². The third kappa shape index (κ3) is 7.44. The average Bonchev–Trinajstić information content (AvgIpc) is 3.44. The van der Waals surface area contributed by atoms with Gasteiger partial charge in [0, 0.05) is 22.1 Å². The summed E-state index contributed by atoms with van der Waals surface area (Å²) in [5, 5.41) is 3.63. The molecule has 0 spiro atoms. The number of carbonyl (C=O) groups excluding carboxylic acids is 2. The maximum atomic E-state index is 14.0. The molecule has 1 aliphatic rings. The van der Waals surface area contributed by atoms with Gasteiger partial charge in [0.1, 0.15) is 12.6 Å². The number of hydrogen-bond donors (Lipinski definition) is 1. The Morgan fingerprint density at radius 2 is 1.68 bits per heavy atom. The number of halogens is 2. The number of carbonyl (C=O) groups is 2. The van der Waals surface area contributed by atoms with Crippen molar-refractivity contribution in [3.05, 3.63) is 93.4 Å². The molecule has 1 fully saturated rings. The van der Waals surface area contributed by atoms with Gasteiger partial charge in [0.2, 0.25) is 11.8 Å². The largest absolute Gasteiger partial charge is 0.352 e. The van der Waals surface area contributed by atoms with Crippen LogP contribution in [0, 0.1) is 6.92 Å². The molecule has 40 heavy (non-hydrogen) atoms. The summed E-state index contributed by atoms with van der Waals surface area (Å²) in [4.78, 5) is 28.8. The van der Waals surface area contributed by atoms with E-state index in [9.17, 15) is 18.0 Å². The quantitative estimate of drug-likeness (QED) is 0.289. The molecule has 1 saturated carbocycles. The third-order valence-electron chi connectivity index (χ3n) is 7.12. The highest BCUT2D eigenvalue weighted by Gasteiger charge is 2.33. The minimum Gasteiger partial charge on any atom is -0.352 e. The zero-order chi connectivity index (χ0) is 28.9. The molecule has 0 heterocycles. The van der Waals surface area contributed by atoms with Crippen LogP contribution < -0.4 is 9.62 Å². The summed E-state index contributed by atoms with van der Waals surface area (Å²) in [6.45, 7) is 3.18. The Bertz CT molecular complexity index is 1440. The van der Waals surface area contributed by atoms with Crippen LogP contribution >= 0.6 is 27.5 Å². The molecule has 1 atom stereocenters. The van der Waals surface area contributed by atoms with Crippen LogP contribution in [0.3, 0.4) is 0 Å². The lowest BCUT2D eigenvalue weighted by atomic mass is 10.1. The van der Waals surface area contributed by atoms with E-state index < -0.39 is 28.5 Å². The number of nitrogens with one attached hydrogen (secondary N) is 1. The highest BCUT2D eigenvalue weighted by atomic mass is 79.9. The molecule has 2 amide bonds. The van der Waals surface area contributed by atoms with Gasteiger partial charge >= 0.3 is 0 Å². The Balaban J connectivity index is 1.68. The van der Waals surface area contributed by atoms with Gasteiger partial charge in [-0.25, -0.2) is 8.42 Å². The number of aryl methyl sites for hydroxylation is 1. The highest BCUT2D eigenvalue weighted by Crippen LogP contribution is 2.27. The van der Waals surface area contributed by atoms with E-state index in [1.54, 1.807) is 67.6 Å². The number of nitrogens with zero attached hydrogens (tertiary/aromatic N) is 2. The molecule has 212 valence electrons. The van der Waals surface area contributed by atoms with Crippen LogP contribution in [-0.4, -0.2) is 43.8 Å². The SMILES string of the molecule is Cc1ccc(S(=O)(=O)N(CC(=O)N(Cc2ccc(Cl)cc2)[C@@H](C)C(=O)NC2CCCC2)c2cccc(Br)c2)cc1. The molecule has 10 heteroatoms. The van der Waals surface area contributed by atoms with Crippen LogP contribution in [0.25, 0.3) is 0 Å². The van der Waals surface area contributed by atoms with Crippen molar-refractivity contribution in [2.45, 2.75) is 63.1 Å². The lowest BCUT2D eigenvalue weighted by Crippen LogP contribution is -2.52. The maximum Gasteiger partial charge on any atom is 0.264 e. The second-order valence-corrected chi connectivity index (χ2v) is 13.3. The van der Waals surface area contributed by atoms with E-state index in [2.05, 4.69) is 21.2 Å². The molecule has 0 bridgehead atoms. The van der Waals surface area contributed by atoms with Gasteiger partial charge in [-0.15, -0.1) is 0 Å². The topological polar surface area (TPSA) is 86.8 Å². The summed E-state index contributed by atoms with van der Waals surface area (Å²) in [5.41, 5.74) is 2.02. The summed E-state index contributed by atoms with van der Waals surface area (Å²) in [6.07, 6.45) is 3.94. The van der Waals surface area contributed by atoms with Crippen LogP contribution in [0.15, 0.2) is 82.2 Å². The number of benzene rings is 3. The van der Waals surface area contributed by atoms with Gasteiger partial charge in [-0.3, -0.25) is 13.9 Å². The molecular weight excluding hydrogens is 614 g/mol. The van der Waals surface area contributed by atoms with Gasteiger partial charge in [-0.2, -0.15) is 0 Å². The number of amides is 2. The molecule has 0 aromatic heterocycles. The average molecular weight is 647 g/mol. The van der Waals surface area contributed by atoms with Gasteiger partial charge in [-0.1, -0.05) is 76.3 Å². The molecule has 1 N–H and O–H groups in total. The maximum absolute atomic E-state index is 14.0. The van der Waals surface area contributed by atoms with E-state index in [-0.39, 0.29) is 23.4 Å². The first-order chi connectivity index (χ1) is 19.0. The number of anilines is 1. The van der Waals surface area contributed by atoms with Crippen LogP contribution in [0.2, 0.25) is 5.02 Å². The molecule has 0 saturated heterocycles. The van der Waals surface area contributed by atoms with Crippen molar-refractivity contribution in [1.82, 2.24) is 10.2 Å². The monoisotopic (exact) mass is 645 g/mol. The Labute approximate surface area is 249 Å². The number of hydrogen-bond acceptors (Lipinski definition) is 4. The first-order valence-corrected chi connectivity index (χ1v) is 15.8. The van der Waals surface area contributed by atoms with Crippen molar-refractivity contribution >= 4 is 55.1 Å². The predicted molar refractivity (Wildman–Crippen MR) is 162 cm³/mol.